The van der Waals surface area contributed by atoms with Crippen LogP contribution in [0.15, 0.2) is 24.5 Å². The van der Waals surface area contributed by atoms with Crippen LogP contribution in [-0.4, -0.2) is 48.6 Å². The number of aryl methyl sites for hydroxylation is 1. The molecule has 118 valence electrons. The number of pyridine rings is 1. The quantitative estimate of drug-likeness (QED) is 0.827. The molecule has 1 aliphatic heterocycles. The molecule has 6 heteroatoms. The first-order chi connectivity index (χ1) is 9.99. The van der Waals surface area contributed by atoms with Gasteiger partial charge in [0.1, 0.15) is 0 Å². The molecular weight excluding hydrogens is 286 g/mol. The lowest BCUT2D eigenvalue weighted by Gasteiger charge is -2.28. The van der Waals surface area contributed by atoms with Crippen LogP contribution < -0.4 is 5.32 Å². The molecule has 2 heterocycles. The highest BCUT2D eigenvalue weighted by atomic mass is 32.2. The van der Waals surface area contributed by atoms with Crippen molar-refractivity contribution in [2.45, 2.75) is 45.2 Å². The highest BCUT2D eigenvalue weighted by Crippen LogP contribution is 2.15. The van der Waals surface area contributed by atoms with Crippen LogP contribution in [0.3, 0.4) is 0 Å². The van der Waals surface area contributed by atoms with E-state index < -0.39 is 10.0 Å². The lowest BCUT2D eigenvalue weighted by atomic mass is 10.2. The monoisotopic (exact) mass is 311 g/mol. The Labute approximate surface area is 127 Å². The second kappa shape index (κ2) is 7.33. The molecule has 1 fully saturated rings. The van der Waals surface area contributed by atoms with Crippen LogP contribution in [0.4, 0.5) is 0 Å². The maximum atomic E-state index is 12.6. The number of aromatic nitrogens is 1. The predicted octanol–water partition coefficient (Wildman–Crippen LogP) is 1.42. The van der Waals surface area contributed by atoms with Gasteiger partial charge in [0.2, 0.25) is 10.0 Å². The van der Waals surface area contributed by atoms with Crippen LogP contribution in [0.5, 0.6) is 0 Å². The van der Waals surface area contributed by atoms with Gasteiger partial charge in [0, 0.05) is 31.0 Å². The maximum Gasteiger partial charge on any atom is 0.214 e. The first-order valence-electron chi connectivity index (χ1n) is 7.61. The Bertz CT molecular complexity index is 525. The minimum Gasteiger partial charge on any atom is -0.313 e. The third-order valence-electron chi connectivity index (χ3n) is 3.89. The van der Waals surface area contributed by atoms with Gasteiger partial charge in [0.15, 0.2) is 0 Å². The summed E-state index contributed by atoms with van der Waals surface area (Å²) in [5.41, 5.74) is 1.01. The lowest BCUT2D eigenvalue weighted by Crippen LogP contribution is -2.45. The van der Waals surface area contributed by atoms with Gasteiger partial charge in [0.25, 0.3) is 0 Å². The average molecular weight is 311 g/mol. The number of hydrogen-bond acceptors (Lipinski definition) is 4. The molecule has 0 bridgehead atoms. The van der Waals surface area contributed by atoms with Crippen molar-refractivity contribution in [3.8, 4) is 0 Å². The molecule has 0 amide bonds. The Morgan fingerprint density at radius 2 is 2.10 bits per heavy atom. The van der Waals surface area contributed by atoms with E-state index in [9.17, 15) is 8.42 Å². The maximum absolute atomic E-state index is 12.6. The van der Waals surface area contributed by atoms with Crippen molar-refractivity contribution >= 4 is 10.0 Å². The second-order valence-corrected chi connectivity index (χ2v) is 7.92. The van der Waals surface area contributed by atoms with E-state index in [0.29, 0.717) is 19.0 Å². The summed E-state index contributed by atoms with van der Waals surface area (Å²) in [5.74, 6) is 0.155. The van der Waals surface area contributed by atoms with Gasteiger partial charge >= 0.3 is 0 Å². The first kappa shape index (κ1) is 16.4. The van der Waals surface area contributed by atoms with Gasteiger partial charge in [-0.1, -0.05) is 0 Å². The van der Waals surface area contributed by atoms with Crippen molar-refractivity contribution in [1.29, 1.82) is 0 Å². The standard InChI is InChI=1S/C15H25N3O2S/c1-13(2)18(12-15-4-3-8-17-15)21(19,20)11-7-14-5-9-16-10-6-14/h5-6,9-10,13,15,17H,3-4,7-8,11-12H2,1-2H3. The zero-order chi connectivity index (χ0) is 15.3. The van der Waals surface area contributed by atoms with Crippen molar-refractivity contribution in [3.63, 3.8) is 0 Å². The summed E-state index contributed by atoms with van der Waals surface area (Å²) < 4.78 is 26.9. The Balaban J connectivity index is 1.99. The molecule has 21 heavy (non-hydrogen) atoms. The molecular formula is C15H25N3O2S. The SMILES string of the molecule is CC(C)N(CC1CCCN1)S(=O)(=O)CCc1ccncc1. The van der Waals surface area contributed by atoms with Crippen LogP contribution in [-0.2, 0) is 16.4 Å². The van der Waals surface area contributed by atoms with Crippen molar-refractivity contribution in [3.05, 3.63) is 30.1 Å². The molecule has 1 aromatic rings. The summed E-state index contributed by atoms with van der Waals surface area (Å²) >= 11 is 0. The number of nitrogens with zero attached hydrogens (tertiary/aromatic N) is 2. The molecule has 1 aliphatic rings. The smallest absolute Gasteiger partial charge is 0.214 e. The summed E-state index contributed by atoms with van der Waals surface area (Å²) in [7, 11) is -3.23. The zero-order valence-corrected chi connectivity index (χ0v) is 13.6. The minimum atomic E-state index is -3.23. The van der Waals surface area contributed by atoms with Gasteiger partial charge in [0.05, 0.1) is 5.75 Å². The normalized spacial score (nSPS) is 19.5. The molecule has 0 radical (unpaired) electrons. The summed E-state index contributed by atoms with van der Waals surface area (Å²) in [6, 6.07) is 4.03. The van der Waals surface area contributed by atoms with Gasteiger partial charge in [-0.3, -0.25) is 4.98 Å². The molecule has 1 aromatic heterocycles. The molecule has 0 spiro atoms. The van der Waals surface area contributed by atoms with Gasteiger partial charge in [-0.2, -0.15) is 4.31 Å². The topological polar surface area (TPSA) is 62.3 Å². The molecule has 1 atom stereocenters. The third-order valence-corrected chi connectivity index (χ3v) is 5.90. The van der Waals surface area contributed by atoms with Gasteiger partial charge in [-0.05, 0) is 57.4 Å². The summed E-state index contributed by atoms with van der Waals surface area (Å²) in [4.78, 5) is 3.95. The molecule has 0 aromatic carbocycles. The molecule has 0 aliphatic carbocycles. The van der Waals surface area contributed by atoms with Crippen molar-refractivity contribution < 1.29 is 8.42 Å². The Morgan fingerprint density at radius 3 is 2.67 bits per heavy atom. The van der Waals surface area contributed by atoms with E-state index in [1.54, 1.807) is 16.7 Å². The fourth-order valence-corrected chi connectivity index (χ4v) is 4.47. The van der Waals surface area contributed by atoms with Crippen molar-refractivity contribution in [2.75, 3.05) is 18.8 Å². The molecule has 5 nitrogen and oxygen atoms in total. The number of sulfonamides is 1. The number of hydrogen-bond donors (Lipinski definition) is 1. The molecule has 0 saturated carbocycles. The largest absolute Gasteiger partial charge is 0.313 e. The Morgan fingerprint density at radius 1 is 1.38 bits per heavy atom. The molecule has 2 rings (SSSR count). The molecule has 1 unspecified atom stereocenters. The zero-order valence-electron chi connectivity index (χ0n) is 12.8. The van der Waals surface area contributed by atoms with Crippen LogP contribution in [0.2, 0.25) is 0 Å². The third kappa shape index (κ3) is 4.76. The van der Waals surface area contributed by atoms with Gasteiger partial charge in [-0.25, -0.2) is 8.42 Å². The average Bonchev–Trinajstić information content (AvgIpc) is 2.96. The lowest BCUT2D eigenvalue weighted by molar-refractivity contribution is 0.322. The molecule has 1 saturated heterocycles. The van der Waals surface area contributed by atoms with E-state index in [0.717, 1.165) is 24.9 Å². The van der Waals surface area contributed by atoms with E-state index in [2.05, 4.69) is 10.3 Å². The Kier molecular flexibility index (Phi) is 5.72. The highest BCUT2D eigenvalue weighted by molar-refractivity contribution is 7.89. The number of nitrogens with one attached hydrogen (secondary N) is 1. The van der Waals surface area contributed by atoms with Crippen molar-refractivity contribution in [2.24, 2.45) is 0 Å². The predicted molar refractivity (Wildman–Crippen MR) is 84.6 cm³/mol. The summed E-state index contributed by atoms with van der Waals surface area (Å²) in [6.45, 7) is 5.46. The van der Waals surface area contributed by atoms with Crippen molar-refractivity contribution in [1.82, 2.24) is 14.6 Å². The van der Waals surface area contributed by atoms with E-state index in [1.807, 2.05) is 26.0 Å². The fraction of sp³-hybridized carbons (Fsp3) is 0.667. The van der Waals surface area contributed by atoms with Crippen LogP contribution >= 0.6 is 0 Å². The van der Waals surface area contributed by atoms with E-state index in [-0.39, 0.29) is 11.8 Å². The van der Waals surface area contributed by atoms with E-state index in [1.165, 1.54) is 0 Å². The van der Waals surface area contributed by atoms with E-state index in [4.69, 9.17) is 0 Å². The van der Waals surface area contributed by atoms with Crippen LogP contribution in [0, 0.1) is 0 Å². The van der Waals surface area contributed by atoms with Gasteiger partial charge < -0.3 is 5.32 Å². The van der Waals surface area contributed by atoms with Gasteiger partial charge in [-0.15, -0.1) is 0 Å². The van der Waals surface area contributed by atoms with E-state index >= 15 is 0 Å². The number of rotatable bonds is 7. The van der Waals surface area contributed by atoms with Crippen LogP contribution in [0.1, 0.15) is 32.3 Å². The Hall–Kier alpha value is -0.980. The highest BCUT2D eigenvalue weighted by Gasteiger charge is 2.28. The fourth-order valence-electron chi connectivity index (χ4n) is 2.69. The minimum absolute atomic E-state index is 0.00478. The summed E-state index contributed by atoms with van der Waals surface area (Å²) in [6.07, 6.45) is 6.12. The molecule has 1 N–H and O–H groups in total. The first-order valence-corrected chi connectivity index (χ1v) is 9.22. The van der Waals surface area contributed by atoms with Crippen LogP contribution in [0.25, 0.3) is 0 Å². The second-order valence-electron chi connectivity index (χ2n) is 5.88. The summed E-state index contributed by atoms with van der Waals surface area (Å²) in [5, 5.41) is 3.37.